The first-order valence-corrected chi connectivity index (χ1v) is 11.2. The smallest absolute Gasteiger partial charge is 0.134 e. The van der Waals surface area contributed by atoms with Gasteiger partial charge in [-0.25, -0.2) is 0 Å². The maximum absolute atomic E-state index is 10.3. The van der Waals surface area contributed by atoms with E-state index < -0.39 is 0 Å². The Balaban J connectivity index is 1.67. The summed E-state index contributed by atoms with van der Waals surface area (Å²) in [5.41, 5.74) is 5.78. The van der Waals surface area contributed by atoms with Gasteiger partial charge in [-0.2, -0.15) is 0 Å². The van der Waals surface area contributed by atoms with Gasteiger partial charge in [0.15, 0.2) is 0 Å². The van der Waals surface area contributed by atoms with Crippen molar-refractivity contribution in [2.45, 2.75) is 51.4 Å². The van der Waals surface area contributed by atoms with Crippen LogP contribution in [0.4, 0.5) is 0 Å². The van der Waals surface area contributed by atoms with E-state index in [-0.39, 0.29) is 5.75 Å². The van der Waals surface area contributed by atoms with E-state index in [1.54, 1.807) is 23.3 Å². The third kappa shape index (κ3) is 3.59. The zero-order valence-corrected chi connectivity index (χ0v) is 17.4. The summed E-state index contributed by atoms with van der Waals surface area (Å²) >= 11 is 6.10. The molecular formula is C26H27ClO2. The van der Waals surface area contributed by atoms with Crippen molar-refractivity contribution in [2.24, 2.45) is 11.8 Å². The number of phenolic OH excluding ortho intramolecular Hbond substituents is 1. The van der Waals surface area contributed by atoms with Crippen LogP contribution in [0.5, 0.6) is 11.5 Å². The van der Waals surface area contributed by atoms with Crippen LogP contribution >= 0.6 is 11.6 Å². The van der Waals surface area contributed by atoms with E-state index in [2.05, 4.69) is 0 Å². The van der Waals surface area contributed by atoms with Gasteiger partial charge in [0.05, 0.1) is 5.02 Å². The van der Waals surface area contributed by atoms with Gasteiger partial charge >= 0.3 is 0 Å². The van der Waals surface area contributed by atoms with Crippen molar-refractivity contribution in [2.75, 3.05) is 0 Å². The Morgan fingerprint density at radius 3 is 2.62 bits per heavy atom. The van der Waals surface area contributed by atoms with Crippen molar-refractivity contribution < 1.29 is 9.84 Å². The SMILES string of the molecule is Oc1cc(C(Oc2ccccc2)=C2C3CCCC2C2=C(CCCC2)C3)ccc1Cl. The lowest BCUT2D eigenvalue weighted by molar-refractivity contribution is 0.335. The quantitative estimate of drug-likeness (QED) is 0.421. The van der Waals surface area contributed by atoms with E-state index in [1.165, 1.54) is 56.9 Å². The van der Waals surface area contributed by atoms with E-state index in [0.29, 0.717) is 16.9 Å². The van der Waals surface area contributed by atoms with E-state index in [4.69, 9.17) is 16.3 Å². The van der Waals surface area contributed by atoms with Gasteiger partial charge in [-0.05, 0) is 86.8 Å². The molecule has 150 valence electrons. The number of para-hydroxylation sites is 1. The molecule has 0 aromatic heterocycles. The highest BCUT2D eigenvalue weighted by Crippen LogP contribution is 2.53. The number of hydrogen-bond donors (Lipinski definition) is 1. The van der Waals surface area contributed by atoms with Crippen molar-refractivity contribution in [1.82, 2.24) is 0 Å². The van der Waals surface area contributed by atoms with E-state index in [0.717, 1.165) is 17.1 Å². The van der Waals surface area contributed by atoms with Gasteiger partial charge in [0.1, 0.15) is 17.3 Å². The van der Waals surface area contributed by atoms with Crippen LogP contribution in [0.15, 0.2) is 65.3 Å². The lowest BCUT2D eigenvalue weighted by Gasteiger charge is -2.43. The average Bonchev–Trinajstić information content (AvgIpc) is 2.75. The number of halogens is 1. The molecule has 2 bridgehead atoms. The molecule has 1 fully saturated rings. The number of allylic oxidation sites excluding steroid dienone is 3. The van der Waals surface area contributed by atoms with Gasteiger partial charge in [0.25, 0.3) is 0 Å². The molecule has 2 aromatic rings. The van der Waals surface area contributed by atoms with Gasteiger partial charge in [-0.1, -0.05) is 47.4 Å². The number of benzene rings is 2. The third-order valence-corrected chi connectivity index (χ3v) is 7.16. The molecule has 5 rings (SSSR count). The van der Waals surface area contributed by atoms with E-state index in [9.17, 15) is 5.11 Å². The van der Waals surface area contributed by atoms with Crippen molar-refractivity contribution in [3.63, 3.8) is 0 Å². The first kappa shape index (κ1) is 18.8. The van der Waals surface area contributed by atoms with E-state index in [1.807, 2.05) is 36.4 Å². The highest BCUT2D eigenvalue weighted by Gasteiger charge is 2.39. The van der Waals surface area contributed by atoms with Gasteiger partial charge in [-0.3, -0.25) is 0 Å². The molecule has 3 aliphatic carbocycles. The van der Waals surface area contributed by atoms with Gasteiger partial charge in [-0.15, -0.1) is 0 Å². The molecule has 0 radical (unpaired) electrons. The van der Waals surface area contributed by atoms with Crippen LogP contribution < -0.4 is 4.74 Å². The normalized spacial score (nSPS) is 25.4. The molecule has 3 heteroatoms. The fourth-order valence-corrected chi connectivity index (χ4v) is 5.69. The van der Waals surface area contributed by atoms with Crippen LogP contribution in [0.3, 0.4) is 0 Å². The first-order valence-electron chi connectivity index (χ1n) is 10.9. The number of rotatable bonds is 3. The van der Waals surface area contributed by atoms with Crippen LogP contribution in [0, 0.1) is 11.8 Å². The van der Waals surface area contributed by atoms with Crippen LogP contribution in [0.2, 0.25) is 5.02 Å². The summed E-state index contributed by atoms with van der Waals surface area (Å²) in [6.07, 6.45) is 10.1. The number of aromatic hydroxyl groups is 1. The number of fused-ring (bicyclic) bond motifs is 3. The van der Waals surface area contributed by atoms with Crippen LogP contribution in [0.25, 0.3) is 5.76 Å². The molecule has 3 aliphatic rings. The topological polar surface area (TPSA) is 29.5 Å². The van der Waals surface area contributed by atoms with E-state index >= 15 is 0 Å². The molecule has 0 aliphatic heterocycles. The van der Waals surface area contributed by atoms with Crippen LogP contribution in [-0.4, -0.2) is 5.11 Å². The highest BCUT2D eigenvalue weighted by molar-refractivity contribution is 6.32. The molecule has 0 spiro atoms. The second-order valence-corrected chi connectivity index (χ2v) is 8.99. The Kier molecular flexibility index (Phi) is 5.13. The highest BCUT2D eigenvalue weighted by atomic mass is 35.5. The number of hydrogen-bond acceptors (Lipinski definition) is 2. The Hall–Kier alpha value is -2.19. The van der Waals surface area contributed by atoms with Crippen molar-refractivity contribution in [3.05, 3.63) is 75.8 Å². The molecule has 2 nitrogen and oxygen atoms in total. The molecule has 1 saturated carbocycles. The molecular weight excluding hydrogens is 380 g/mol. The molecule has 1 N–H and O–H groups in total. The summed E-state index contributed by atoms with van der Waals surface area (Å²) in [7, 11) is 0. The molecule has 0 heterocycles. The second kappa shape index (κ2) is 7.91. The minimum atomic E-state index is 0.109. The summed E-state index contributed by atoms with van der Waals surface area (Å²) in [6, 6.07) is 15.5. The maximum atomic E-state index is 10.3. The predicted octanol–water partition coefficient (Wildman–Crippen LogP) is 7.53. The van der Waals surface area contributed by atoms with Crippen LogP contribution in [-0.2, 0) is 0 Å². The Morgan fingerprint density at radius 1 is 0.966 bits per heavy atom. The number of phenols is 1. The number of ether oxygens (including phenoxy) is 1. The van der Waals surface area contributed by atoms with Gasteiger partial charge < -0.3 is 9.84 Å². The summed E-state index contributed by atoms with van der Waals surface area (Å²) < 4.78 is 6.55. The van der Waals surface area contributed by atoms with Crippen molar-refractivity contribution in [1.29, 1.82) is 0 Å². The fourth-order valence-electron chi connectivity index (χ4n) is 5.57. The first-order chi connectivity index (χ1) is 14.2. The van der Waals surface area contributed by atoms with Crippen molar-refractivity contribution in [3.8, 4) is 11.5 Å². The Morgan fingerprint density at radius 2 is 1.79 bits per heavy atom. The zero-order valence-electron chi connectivity index (χ0n) is 16.7. The Bertz CT molecular complexity index is 973. The molecule has 2 aromatic carbocycles. The van der Waals surface area contributed by atoms with Gasteiger partial charge in [0, 0.05) is 11.5 Å². The molecule has 2 unspecified atom stereocenters. The second-order valence-electron chi connectivity index (χ2n) is 8.59. The lowest BCUT2D eigenvalue weighted by atomic mass is 9.62. The third-order valence-electron chi connectivity index (χ3n) is 6.84. The molecule has 29 heavy (non-hydrogen) atoms. The molecule has 2 atom stereocenters. The minimum Gasteiger partial charge on any atom is -0.506 e. The predicted molar refractivity (Wildman–Crippen MR) is 118 cm³/mol. The largest absolute Gasteiger partial charge is 0.506 e. The van der Waals surface area contributed by atoms with Gasteiger partial charge in [0.2, 0.25) is 0 Å². The summed E-state index contributed by atoms with van der Waals surface area (Å²) in [4.78, 5) is 0. The standard InChI is InChI=1S/C26H27ClO2/c27-23-14-13-19(16-24(23)28)26(29-20-9-2-1-3-10-20)25-18-8-6-12-22(25)21-11-5-4-7-17(21)15-18/h1-3,9-10,13-14,16,18,22,28H,4-8,11-12,15H2. The molecule has 0 saturated heterocycles. The summed E-state index contributed by atoms with van der Waals surface area (Å²) in [6.45, 7) is 0. The summed E-state index contributed by atoms with van der Waals surface area (Å²) in [5, 5.41) is 10.7. The molecule has 0 amide bonds. The zero-order chi connectivity index (χ0) is 19.8. The minimum absolute atomic E-state index is 0.109. The average molecular weight is 407 g/mol. The lowest BCUT2D eigenvalue weighted by Crippen LogP contribution is -2.30. The monoisotopic (exact) mass is 406 g/mol. The summed E-state index contributed by atoms with van der Waals surface area (Å²) in [5.74, 6) is 2.91. The maximum Gasteiger partial charge on any atom is 0.134 e. The fraction of sp³-hybridized carbons (Fsp3) is 0.385. The van der Waals surface area contributed by atoms with Crippen LogP contribution in [0.1, 0.15) is 56.9 Å². The Labute approximate surface area is 177 Å². The van der Waals surface area contributed by atoms with Crippen molar-refractivity contribution >= 4 is 17.4 Å².